The maximum atomic E-state index is 12.3. The van der Waals surface area contributed by atoms with Gasteiger partial charge in [0.25, 0.3) is 5.91 Å². The molecule has 5 heteroatoms. The Hall–Kier alpha value is -3.60. The predicted octanol–water partition coefficient (Wildman–Crippen LogP) is 5.44. The lowest BCUT2D eigenvalue weighted by Gasteiger charge is -2.09. The minimum absolute atomic E-state index is 0.0615. The molecule has 0 bridgehead atoms. The third-order valence-electron chi connectivity index (χ3n) is 4.82. The van der Waals surface area contributed by atoms with Crippen molar-refractivity contribution >= 4 is 22.7 Å². The Bertz CT molecular complexity index is 1180. The molecule has 0 spiro atoms. The highest BCUT2D eigenvalue weighted by Crippen LogP contribution is 2.26. The van der Waals surface area contributed by atoms with Crippen LogP contribution >= 0.6 is 0 Å². The van der Waals surface area contributed by atoms with Gasteiger partial charge in [-0.2, -0.15) is 0 Å². The van der Waals surface area contributed by atoms with Gasteiger partial charge >= 0.3 is 0 Å². The number of aryl methyl sites for hydroxylation is 3. The molecule has 4 aromatic rings. The maximum Gasteiger partial charge on any atom is 0.262 e. The lowest BCUT2D eigenvalue weighted by molar-refractivity contribution is -0.118. The van der Waals surface area contributed by atoms with Gasteiger partial charge in [-0.05, 0) is 74.4 Å². The number of rotatable bonds is 5. The molecule has 1 aromatic heterocycles. The number of oxazole rings is 1. The van der Waals surface area contributed by atoms with Crippen LogP contribution < -0.4 is 10.1 Å². The first-order valence-corrected chi connectivity index (χ1v) is 9.45. The van der Waals surface area contributed by atoms with Gasteiger partial charge in [0.2, 0.25) is 5.89 Å². The number of nitrogens with zero attached hydrogens (tertiary/aromatic N) is 1. The van der Waals surface area contributed by atoms with Crippen molar-refractivity contribution in [3.63, 3.8) is 0 Å². The molecule has 0 aliphatic heterocycles. The van der Waals surface area contributed by atoms with Crippen LogP contribution in [-0.4, -0.2) is 17.5 Å². The van der Waals surface area contributed by atoms with Crippen molar-refractivity contribution in [1.29, 1.82) is 0 Å². The molecular weight excluding hydrogens is 364 g/mol. The second-order valence-electron chi connectivity index (χ2n) is 7.15. The highest BCUT2D eigenvalue weighted by molar-refractivity contribution is 5.94. The van der Waals surface area contributed by atoms with Gasteiger partial charge in [0.05, 0.1) is 0 Å². The largest absolute Gasteiger partial charge is 0.484 e. The predicted molar refractivity (Wildman–Crippen MR) is 114 cm³/mol. The molecule has 5 nitrogen and oxygen atoms in total. The number of carbonyl (C=O) groups excluding carboxylic acids is 1. The zero-order chi connectivity index (χ0) is 20.4. The Balaban J connectivity index is 1.44. The fourth-order valence-electron chi connectivity index (χ4n) is 2.97. The number of benzene rings is 3. The minimum atomic E-state index is -0.232. The molecule has 0 unspecified atom stereocenters. The summed E-state index contributed by atoms with van der Waals surface area (Å²) in [6.45, 7) is 6.03. The van der Waals surface area contributed by atoms with E-state index in [4.69, 9.17) is 9.15 Å². The topological polar surface area (TPSA) is 64.4 Å². The fraction of sp³-hybridized carbons (Fsp3) is 0.167. The number of anilines is 1. The third kappa shape index (κ3) is 4.29. The Morgan fingerprint density at radius 2 is 1.76 bits per heavy atom. The van der Waals surface area contributed by atoms with Gasteiger partial charge in [-0.15, -0.1) is 0 Å². The van der Waals surface area contributed by atoms with Crippen molar-refractivity contribution in [1.82, 2.24) is 4.98 Å². The number of carbonyl (C=O) groups is 1. The zero-order valence-corrected chi connectivity index (χ0v) is 16.7. The molecule has 4 rings (SSSR count). The Morgan fingerprint density at radius 1 is 0.966 bits per heavy atom. The third-order valence-corrected chi connectivity index (χ3v) is 4.82. The Morgan fingerprint density at radius 3 is 2.52 bits per heavy atom. The molecule has 0 aliphatic rings. The number of nitrogens with one attached hydrogen (secondary N) is 1. The lowest BCUT2D eigenvalue weighted by atomic mass is 10.1. The van der Waals surface area contributed by atoms with E-state index in [1.165, 1.54) is 11.1 Å². The SMILES string of the molecule is Cc1ccc(-c2nc3cc(NC(=O)COc4ccc(C)c(C)c4)ccc3o2)cc1. The number of amides is 1. The van der Waals surface area contributed by atoms with Crippen LogP contribution in [0.15, 0.2) is 65.1 Å². The number of hydrogen-bond donors (Lipinski definition) is 1. The summed E-state index contributed by atoms with van der Waals surface area (Å²) >= 11 is 0. The molecule has 0 saturated carbocycles. The summed E-state index contributed by atoms with van der Waals surface area (Å²) in [5, 5.41) is 2.84. The monoisotopic (exact) mass is 386 g/mol. The molecule has 0 atom stereocenters. The van der Waals surface area contributed by atoms with E-state index in [1.807, 2.05) is 63.2 Å². The first-order valence-electron chi connectivity index (χ1n) is 9.45. The van der Waals surface area contributed by atoms with Crippen LogP contribution in [0.3, 0.4) is 0 Å². The van der Waals surface area contributed by atoms with E-state index in [0.717, 1.165) is 11.1 Å². The van der Waals surface area contributed by atoms with Gasteiger partial charge in [0, 0.05) is 11.3 Å². The zero-order valence-electron chi connectivity index (χ0n) is 16.7. The molecule has 1 heterocycles. The summed E-state index contributed by atoms with van der Waals surface area (Å²) in [4.78, 5) is 16.8. The van der Waals surface area contributed by atoms with E-state index in [0.29, 0.717) is 28.4 Å². The highest BCUT2D eigenvalue weighted by Gasteiger charge is 2.10. The first kappa shape index (κ1) is 18.7. The quantitative estimate of drug-likeness (QED) is 0.496. The summed E-state index contributed by atoms with van der Waals surface area (Å²) in [6.07, 6.45) is 0. The van der Waals surface area contributed by atoms with Crippen LogP contribution in [0.5, 0.6) is 5.75 Å². The molecule has 0 saturated heterocycles. The molecule has 0 fully saturated rings. The van der Waals surface area contributed by atoms with Gasteiger partial charge in [-0.3, -0.25) is 4.79 Å². The molecule has 3 aromatic carbocycles. The van der Waals surface area contributed by atoms with E-state index in [1.54, 1.807) is 18.2 Å². The van der Waals surface area contributed by atoms with Crippen LogP contribution in [0.25, 0.3) is 22.6 Å². The number of ether oxygens (including phenoxy) is 1. The number of aromatic nitrogens is 1. The van der Waals surface area contributed by atoms with Crippen molar-refractivity contribution < 1.29 is 13.9 Å². The Kier molecular flexibility index (Phi) is 5.04. The average Bonchev–Trinajstić information content (AvgIpc) is 3.13. The molecule has 1 amide bonds. The molecule has 29 heavy (non-hydrogen) atoms. The number of hydrogen-bond acceptors (Lipinski definition) is 4. The van der Waals surface area contributed by atoms with Gasteiger partial charge in [0.1, 0.15) is 11.3 Å². The van der Waals surface area contributed by atoms with Crippen LogP contribution in [0, 0.1) is 20.8 Å². The van der Waals surface area contributed by atoms with Crippen LogP contribution in [0.1, 0.15) is 16.7 Å². The molecule has 146 valence electrons. The molecule has 1 N–H and O–H groups in total. The van der Waals surface area contributed by atoms with E-state index in [-0.39, 0.29) is 12.5 Å². The molecule has 0 radical (unpaired) electrons. The van der Waals surface area contributed by atoms with Crippen molar-refractivity contribution in [2.45, 2.75) is 20.8 Å². The molecular formula is C24H22N2O3. The lowest BCUT2D eigenvalue weighted by Crippen LogP contribution is -2.20. The van der Waals surface area contributed by atoms with Gasteiger partial charge in [-0.1, -0.05) is 23.8 Å². The maximum absolute atomic E-state index is 12.3. The summed E-state index contributed by atoms with van der Waals surface area (Å²) < 4.78 is 11.4. The smallest absolute Gasteiger partial charge is 0.262 e. The second-order valence-corrected chi connectivity index (χ2v) is 7.15. The van der Waals surface area contributed by atoms with Crippen LogP contribution in [0.4, 0.5) is 5.69 Å². The van der Waals surface area contributed by atoms with E-state index in [9.17, 15) is 4.79 Å². The Labute approximate surface area is 169 Å². The normalized spacial score (nSPS) is 10.9. The van der Waals surface area contributed by atoms with Crippen molar-refractivity contribution in [2.24, 2.45) is 0 Å². The summed E-state index contributed by atoms with van der Waals surface area (Å²) in [5.74, 6) is 1.00. The standard InChI is InChI=1S/C24H22N2O3/c1-15-4-7-18(8-5-15)24-26-21-13-19(9-11-22(21)29-24)25-23(27)14-28-20-10-6-16(2)17(3)12-20/h4-13H,14H2,1-3H3,(H,25,27). The van der Waals surface area contributed by atoms with Gasteiger partial charge < -0.3 is 14.5 Å². The van der Waals surface area contributed by atoms with Crippen LogP contribution in [-0.2, 0) is 4.79 Å². The van der Waals surface area contributed by atoms with Gasteiger partial charge in [-0.25, -0.2) is 4.98 Å². The summed E-state index contributed by atoms with van der Waals surface area (Å²) in [6, 6.07) is 19.2. The summed E-state index contributed by atoms with van der Waals surface area (Å²) in [5.41, 5.74) is 6.42. The van der Waals surface area contributed by atoms with E-state index in [2.05, 4.69) is 10.3 Å². The summed E-state index contributed by atoms with van der Waals surface area (Å²) in [7, 11) is 0. The fourth-order valence-corrected chi connectivity index (χ4v) is 2.97. The van der Waals surface area contributed by atoms with E-state index < -0.39 is 0 Å². The van der Waals surface area contributed by atoms with Gasteiger partial charge in [0.15, 0.2) is 12.2 Å². The number of fused-ring (bicyclic) bond motifs is 1. The van der Waals surface area contributed by atoms with E-state index >= 15 is 0 Å². The highest BCUT2D eigenvalue weighted by atomic mass is 16.5. The minimum Gasteiger partial charge on any atom is -0.484 e. The van der Waals surface area contributed by atoms with Crippen molar-refractivity contribution in [3.8, 4) is 17.2 Å². The van der Waals surface area contributed by atoms with Crippen molar-refractivity contribution in [3.05, 3.63) is 77.4 Å². The first-order chi connectivity index (χ1) is 14.0. The second kappa shape index (κ2) is 7.80. The molecule has 0 aliphatic carbocycles. The average molecular weight is 386 g/mol. The van der Waals surface area contributed by atoms with Crippen LogP contribution in [0.2, 0.25) is 0 Å². The van der Waals surface area contributed by atoms with Crippen molar-refractivity contribution in [2.75, 3.05) is 11.9 Å².